The van der Waals surface area contributed by atoms with E-state index in [1.807, 2.05) is 16.5 Å². The predicted molar refractivity (Wildman–Crippen MR) is 83.2 cm³/mol. The molecule has 1 aliphatic heterocycles. The Morgan fingerprint density at radius 3 is 2.76 bits per heavy atom. The van der Waals surface area contributed by atoms with Crippen LogP contribution in [0.1, 0.15) is 29.4 Å². The molecule has 0 bridgehead atoms. The lowest BCUT2D eigenvalue weighted by molar-refractivity contribution is 0.0780. The molecular formula is C15H27N5O. The molecule has 0 radical (unpaired) electrons. The van der Waals surface area contributed by atoms with E-state index in [1.165, 1.54) is 0 Å². The number of carbonyl (C=O) groups is 1. The highest BCUT2D eigenvalue weighted by Gasteiger charge is 2.34. The van der Waals surface area contributed by atoms with E-state index in [0.29, 0.717) is 18.5 Å². The van der Waals surface area contributed by atoms with E-state index in [4.69, 9.17) is 5.73 Å². The molecule has 6 heteroatoms. The maximum atomic E-state index is 12.7. The maximum absolute atomic E-state index is 12.7. The number of aryl methyl sites for hydroxylation is 1. The Morgan fingerprint density at radius 2 is 2.19 bits per heavy atom. The zero-order chi connectivity index (χ0) is 15.6. The maximum Gasteiger partial charge on any atom is 0.257 e. The van der Waals surface area contributed by atoms with Gasteiger partial charge in [-0.15, -0.1) is 0 Å². The first-order valence-corrected chi connectivity index (χ1v) is 7.63. The van der Waals surface area contributed by atoms with Crippen LogP contribution in [0.2, 0.25) is 0 Å². The van der Waals surface area contributed by atoms with Crippen molar-refractivity contribution in [1.82, 2.24) is 19.6 Å². The van der Waals surface area contributed by atoms with Crippen LogP contribution in [0, 0.1) is 12.8 Å². The highest BCUT2D eigenvalue weighted by Crippen LogP contribution is 2.22. The summed E-state index contributed by atoms with van der Waals surface area (Å²) in [7, 11) is 4.15. The molecule has 0 spiro atoms. The molecule has 2 atom stereocenters. The summed E-state index contributed by atoms with van der Waals surface area (Å²) in [5.74, 6) is 0.597. The first-order chi connectivity index (χ1) is 9.95. The van der Waals surface area contributed by atoms with Gasteiger partial charge in [0.1, 0.15) is 0 Å². The molecule has 0 saturated carbocycles. The van der Waals surface area contributed by atoms with E-state index in [2.05, 4.69) is 31.0 Å². The zero-order valence-electron chi connectivity index (χ0n) is 13.5. The van der Waals surface area contributed by atoms with Crippen LogP contribution in [-0.2, 0) is 6.54 Å². The van der Waals surface area contributed by atoms with Crippen LogP contribution >= 0.6 is 0 Å². The molecule has 1 saturated heterocycles. The minimum atomic E-state index is 0.0997. The average Bonchev–Trinajstić information content (AvgIpc) is 2.99. The monoisotopic (exact) mass is 293 g/mol. The summed E-state index contributed by atoms with van der Waals surface area (Å²) >= 11 is 0. The molecule has 0 aromatic carbocycles. The highest BCUT2D eigenvalue weighted by molar-refractivity contribution is 5.95. The largest absolute Gasteiger partial charge is 0.337 e. The Morgan fingerprint density at radius 1 is 1.48 bits per heavy atom. The van der Waals surface area contributed by atoms with Crippen molar-refractivity contribution in [2.45, 2.75) is 32.9 Å². The molecular weight excluding hydrogens is 266 g/mol. The van der Waals surface area contributed by atoms with Gasteiger partial charge in [-0.2, -0.15) is 5.10 Å². The van der Waals surface area contributed by atoms with Gasteiger partial charge in [-0.1, -0.05) is 6.92 Å². The van der Waals surface area contributed by atoms with Gasteiger partial charge < -0.3 is 15.5 Å². The van der Waals surface area contributed by atoms with Crippen molar-refractivity contribution in [3.63, 3.8) is 0 Å². The van der Waals surface area contributed by atoms with Gasteiger partial charge in [0.2, 0.25) is 0 Å². The molecule has 118 valence electrons. The Bertz CT molecular complexity index is 496. The van der Waals surface area contributed by atoms with Crippen molar-refractivity contribution in [3.8, 4) is 0 Å². The Balaban J connectivity index is 2.09. The van der Waals surface area contributed by atoms with Gasteiger partial charge in [0.15, 0.2) is 0 Å². The molecule has 2 rings (SSSR count). The van der Waals surface area contributed by atoms with Crippen LogP contribution in [-0.4, -0.2) is 65.3 Å². The fourth-order valence-corrected chi connectivity index (χ4v) is 3.08. The fourth-order valence-electron chi connectivity index (χ4n) is 3.08. The quantitative estimate of drug-likeness (QED) is 0.861. The van der Waals surface area contributed by atoms with Gasteiger partial charge in [-0.3, -0.25) is 9.48 Å². The van der Waals surface area contributed by atoms with E-state index in [-0.39, 0.29) is 5.91 Å². The lowest BCUT2D eigenvalue weighted by Gasteiger charge is -2.22. The summed E-state index contributed by atoms with van der Waals surface area (Å²) in [5.41, 5.74) is 7.19. The smallest absolute Gasteiger partial charge is 0.257 e. The van der Waals surface area contributed by atoms with Crippen LogP contribution < -0.4 is 5.73 Å². The summed E-state index contributed by atoms with van der Waals surface area (Å²) in [6.07, 6.45) is 2.57. The van der Waals surface area contributed by atoms with E-state index in [0.717, 1.165) is 37.3 Å². The van der Waals surface area contributed by atoms with Crippen LogP contribution in [0.25, 0.3) is 0 Å². The number of aromatic nitrogens is 2. The minimum absolute atomic E-state index is 0.0997. The molecule has 0 aliphatic carbocycles. The normalized spacial score (nSPS) is 22.3. The van der Waals surface area contributed by atoms with Crippen LogP contribution in [0.5, 0.6) is 0 Å². The second-order valence-corrected chi connectivity index (χ2v) is 6.23. The summed E-state index contributed by atoms with van der Waals surface area (Å²) in [6.45, 7) is 7.17. The molecule has 6 nitrogen and oxygen atoms in total. The SMILES string of the molecule is Cc1c(C(=O)N2CC(C)C(N(C)C)C2)cnn1CCCN. The van der Waals surface area contributed by atoms with Crippen molar-refractivity contribution >= 4 is 5.91 Å². The minimum Gasteiger partial charge on any atom is -0.337 e. The highest BCUT2D eigenvalue weighted by atomic mass is 16.2. The number of hydrogen-bond donors (Lipinski definition) is 1. The lowest BCUT2D eigenvalue weighted by atomic mass is 10.1. The van der Waals surface area contributed by atoms with Gasteiger partial charge in [0.05, 0.1) is 11.8 Å². The van der Waals surface area contributed by atoms with Crippen LogP contribution in [0.15, 0.2) is 6.20 Å². The average molecular weight is 293 g/mol. The molecule has 1 aromatic rings. The van der Waals surface area contributed by atoms with Crippen LogP contribution in [0.4, 0.5) is 0 Å². The Labute approximate surface area is 126 Å². The van der Waals surface area contributed by atoms with Gasteiger partial charge in [-0.05, 0) is 39.9 Å². The number of hydrogen-bond acceptors (Lipinski definition) is 4. The Hall–Kier alpha value is -1.40. The molecule has 2 heterocycles. The second-order valence-electron chi connectivity index (χ2n) is 6.23. The number of rotatable bonds is 5. The molecule has 2 N–H and O–H groups in total. The number of likely N-dealkylation sites (tertiary alicyclic amines) is 1. The number of likely N-dealkylation sites (N-methyl/N-ethyl adjacent to an activating group) is 1. The van der Waals surface area contributed by atoms with E-state index >= 15 is 0 Å². The third-order valence-corrected chi connectivity index (χ3v) is 4.43. The molecule has 1 aliphatic rings. The number of nitrogens with zero attached hydrogens (tertiary/aromatic N) is 4. The summed E-state index contributed by atoms with van der Waals surface area (Å²) in [4.78, 5) is 16.9. The summed E-state index contributed by atoms with van der Waals surface area (Å²) in [5, 5.41) is 4.32. The molecule has 1 amide bonds. The van der Waals surface area contributed by atoms with Crippen molar-refractivity contribution in [1.29, 1.82) is 0 Å². The van der Waals surface area contributed by atoms with E-state index in [9.17, 15) is 4.79 Å². The van der Waals surface area contributed by atoms with Gasteiger partial charge in [-0.25, -0.2) is 0 Å². The number of carbonyl (C=O) groups excluding carboxylic acids is 1. The number of nitrogens with two attached hydrogens (primary N) is 1. The zero-order valence-corrected chi connectivity index (χ0v) is 13.5. The first-order valence-electron chi connectivity index (χ1n) is 7.63. The van der Waals surface area contributed by atoms with Gasteiger partial charge in [0.25, 0.3) is 5.91 Å². The number of amides is 1. The van der Waals surface area contributed by atoms with E-state index in [1.54, 1.807) is 6.20 Å². The van der Waals surface area contributed by atoms with Crippen molar-refractivity contribution in [3.05, 3.63) is 17.5 Å². The summed E-state index contributed by atoms with van der Waals surface area (Å²) < 4.78 is 1.88. The van der Waals surface area contributed by atoms with Gasteiger partial charge in [0, 0.05) is 31.4 Å². The van der Waals surface area contributed by atoms with Gasteiger partial charge >= 0.3 is 0 Å². The third-order valence-electron chi connectivity index (χ3n) is 4.43. The molecule has 2 unspecified atom stereocenters. The Kier molecular flexibility index (Phi) is 5.00. The standard InChI is InChI=1S/C15H27N5O/c1-11-9-19(10-14(11)18(3)4)15(21)13-8-17-20(12(13)2)7-5-6-16/h8,11,14H,5-7,9-10,16H2,1-4H3. The first kappa shape index (κ1) is 16.0. The molecule has 1 fully saturated rings. The van der Waals surface area contributed by atoms with Crippen molar-refractivity contribution in [2.24, 2.45) is 11.7 Å². The van der Waals surface area contributed by atoms with Crippen molar-refractivity contribution in [2.75, 3.05) is 33.7 Å². The molecule has 21 heavy (non-hydrogen) atoms. The third kappa shape index (κ3) is 3.27. The summed E-state index contributed by atoms with van der Waals surface area (Å²) in [6, 6.07) is 0.432. The fraction of sp³-hybridized carbons (Fsp3) is 0.733. The topological polar surface area (TPSA) is 67.4 Å². The lowest BCUT2D eigenvalue weighted by Crippen LogP contribution is -2.35. The second kappa shape index (κ2) is 6.58. The predicted octanol–water partition coefficient (Wildman–Crippen LogP) is 0.562. The van der Waals surface area contributed by atoms with Crippen molar-refractivity contribution < 1.29 is 4.79 Å². The van der Waals surface area contributed by atoms with E-state index < -0.39 is 0 Å². The van der Waals surface area contributed by atoms with Crippen LogP contribution in [0.3, 0.4) is 0 Å². The molecule has 1 aromatic heterocycles.